The molecule has 2 aromatic heterocycles. The van der Waals surface area contributed by atoms with Crippen LogP contribution in [0, 0.1) is 6.92 Å². The number of thiophene rings is 1. The number of hydrogen-bond donors (Lipinski definition) is 1. The second-order valence-corrected chi connectivity index (χ2v) is 5.19. The number of hydrogen-bond acceptors (Lipinski definition) is 4. The van der Waals surface area contributed by atoms with E-state index in [9.17, 15) is 0 Å². The van der Waals surface area contributed by atoms with Gasteiger partial charge in [0.2, 0.25) is 0 Å². The molecule has 3 nitrogen and oxygen atoms in total. The van der Waals surface area contributed by atoms with Gasteiger partial charge in [0.25, 0.3) is 0 Å². The van der Waals surface area contributed by atoms with Crippen LogP contribution in [-0.2, 0) is 0 Å². The molecule has 1 N–H and O–H groups in total. The van der Waals surface area contributed by atoms with Crippen LogP contribution in [0.5, 0.6) is 0 Å². The molecule has 0 amide bonds. The summed E-state index contributed by atoms with van der Waals surface area (Å²) in [7, 11) is 0. The molecule has 2 heterocycles. The van der Waals surface area contributed by atoms with Gasteiger partial charge >= 0.3 is 0 Å². The van der Waals surface area contributed by atoms with Gasteiger partial charge < -0.3 is 5.32 Å². The normalized spacial score (nSPS) is 11.2. The van der Waals surface area contributed by atoms with Crippen LogP contribution < -0.4 is 5.32 Å². The Morgan fingerprint density at radius 1 is 1.31 bits per heavy atom. The zero-order valence-corrected chi connectivity index (χ0v) is 10.8. The van der Waals surface area contributed by atoms with Gasteiger partial charge in [-0.15, -0.1) is 11.3 Å². The molecular weight excluding hydrogens is 218 g/mol. The van der Waals surface area contributed by atoms with Gasteiger partial charge in [-0.2, -0.15) is 0 Å². The average molecular weight is 235 g/mol. The lowest BCUT2D eigenvalue weighted by molar-refractivity contribution is 0.669. The molecule has 0 radical (unpaired) electrons. The van der Waals surface area contributed by atoms with E-state index in [1.165, 1.54) is 4.88 Å². The lowest BCUT2D eigenvalue weighted by atomic mass is 10.1. The van der Waals surface area contributed by atoms with Crippen LogP contribution in [0.3, 0.4) is 0 Å². The van der Waals surface area contributed by atoms with E-state index in [0.29, 0.717) is 6.04 Å². The Hall–Kier alpha value is -1.16. The lowest BCUT2D eigenvalue weighted by Crippen LogP contribution is -2.17. The van der Waals surface area contributed by atoms with Crippen molar-refractivity contribution in [2.45, 2.75) is 39.7 Å². The number of nitrogens with one attached hydrogen (secondary N) is 1. The van der Waals surface area contributed by atoms with Crippen molar-refractivity contribution in [3.8, 4) is 0 Å². The minimum Gasteiger partial charge on any atom is -0.367 e. The number of anilines is 1. The molecule has 2 rings (SSSR count). The second kappa shape index (κ2) is 4.78. The Morgan fingerprint density at radius 2 is 2.06 bits per heavy atom. The van der Waals surface area contributed by atoms with E-state index < -0.39 is 0 Å². The first-order valence-electron chi connectivity index (χ1n) is 5.72. The zero-order valence-electron chi connectivity index (χ0n) is 9.95. The first-order valence-corrected chi connectivity index (χ1v) is 6.54. The van der Waals surface area contributed by atoms with E-state index in [2.05, 4.69) is 42.1 Å². The molecule has 0 saturated carbocycles. The van der Waals surface area contributed by atoms with Crippen LogP contribution in [-0.4, -0.2) is 16.0 Å². The van der Waals surface area contributed by atoms with Gasteiger partial charge in [0.05, 0.1) is 5.39 Å². The molecule has 0 unspecified atom stereocenters. The highest BCUT2D eigenvalue weighted by atomic mass is 32.1. The van der Waals surface area contributed by atoms with Crippen LogP contribution in [0.2, 0.25) is 0 Å². The Bertz CT molecular complexity index is 474. The van der Waals surface area contributed by atoms with Crippen LogP contribution in [0.4, 0.5) is 5.82 Å². The van der Waals surface area contributed by atoms with Crippen LogP contribution in [0.25, 0.3) is 10.2 Å². The second-order valence-electron chi connectivity index (χ2n) is 3.96. The molecule has 0 bridgehead atoms. The summed E-state index contributed by atoms with van der Waals surface area (Å²) in [6.45, 7) is 6.49. The number of fused-ring (bicyclic) bond motifs is 1. The number of nitrogens with zero attached hydrogens (tertiary/aromatic N) is 2. The summed E-state index contributed by atoms with van der Waals surface area (Å²) < 4.78 is 0. The van der Waals surface area contributed by atoms with E-state index in [1.807, 2.05) is 0 Å². The highest BCUT2D eigenvalue weighted by Crippen LogP contribution is 2.28. The van der Waals surface area contributed by atoms with Crippen molar-refractivity contribution in [1.82, 2.24) is 9.97 Å². The number of aromatic nitrogens is 2. The molecule has 0 aromatic carbocycles. The fraction of sp³-hybridized carbons (Fsp3) is 0.500. The third-order valence-corrected chi connectivity index (χ3v) is 3.74. The maximum Gasteiger partial charge on any atom is 0.138 e. The van der Waals surface area contributed by atoms with E-state index in [4.69, 9.17) is 0 Å². The smallest absolute Gasteiger partial charge is 0.138 e. The largest absolute Gasteiger partial charge is 0.367 e. The van der Waals surface area contributed by atoms with Crippen molar-refractivity contribution in [3.63, 3.8) is 0 Å². The van der Waals surface area contributed by atoms with Gasteiger partial charge in [0, 0.05) is 10.9 Å². The molecule has 0 saturated heterocycles. The topological polar surface area (TPSA) is 37.8 Å². The van der Waals surface area contributed by atoms with Crippen molar-refractivity contribution in [1.29, 1.82) is 0 Å². The van der Waals surface area contributed by atoms with Crippen molar-refractivity contribution >= 4 is 27.4 Å². The summed E-state index contributed by atoms with van der Waals surface area (Å²) in [4.78, 5) is 11.0. The summed E-state index contributed by atoms with van der Waals surface area (Å²) >= 11 is 1.72. The molecule has 0 aliphatic heterocycles. The van der Waals surface area contributed by atoms with Gasteiger partial charge in [-0.1, -0.05) is 13.8 Å². The third kappa shape index (κ3) is 2.16. The Labute approximate surface area is 99.9 Å². The van der Waals surface area contributed by atoms with Crippen molar-refractivity contribution in [2.24, 2.45) is 0 Å². The molecular formula is C12H17N3S. The summed E-state index contributed by atoms with van der Waals surface area (Å²) in [5, 5.41) is 4.64. The fourth-order valence-corrected chi connectivity index (χ4v) is 2.62. The molecule has 0 fully saturated rings. The number of rotatable bonds is 4. The van der Waals surface area contributed by atoms with E-state index >= 15 is 0 Å². The Balaban J connectivity index is 2.36. The quantitative estimate of drug-likeness (QED) is 0.879. The molecule has 86 valence electrons. The highest BCUT2D eigenvalue weighted by molar-refractivity contribution is 7.18. The van der Waals surface area contributed by atoms with Crippen LogP contribution in [0.1, 0.15) is 31.6 Å². The minimum absolute atomic E-state index is 0.498. The predicted octanol–water partition coefficient (Wildman–Crippen LogP) is 3.60. The summed E-state index contributed by atoms with van der Waals surface area (Å²) in [5.74, 6) is 0.975. The minimum atomic E-state index is 0.498. The van der Waals surface area contributed by atoms with E-state index in [1.54, 1.807) is 17.7 Å². The standard InChI is InChI=1S/C12H17N3S/c1-4-9(5-2)15-11-10-6-8(3)16-12(10)14-7-13-11/h6-7,9H,4-5H2,1-3H3,(H,13,14,15). The van der Waals surface area contributed by atoms with Gasteiger partial charge in [-0.3, -0.25) is 0 Å². The maximum absolute atomic E-state index is 4.34. The van der Waals surface area contributed by atoms with Crippen molar-refractivity contribution in [2.75, 3.05) is 5.32 Å². The zero-order chi connectivity index (χ0) is 11.5. The molecule has 2 aromatic rings. The third-order valence-electron chi connectivity index (χ3n) is 2.78. The lowest BCUT2D eigenvalue weighted by Gasteiger charge is -2.15. The van der Waals surface area contributed by atoms with Crippen molar-refractivity contribution in [3.05, 3.63) is 17.3 Å². The summed E-state index contributed by atoms with van der Waals surface area (Å²) in [5.41, 5.74) is 0. The van der Waals surface area contributed by atoms with Gasteiger partial charge in [-0.25, -0.2) is 9.97 Å². The molecule has 16 heavy (non-hydrogen) atoms. The average Bonchev–Trinajstić information content (AvgIpc) is 2.67. The van der Waals surface area contributed by atoms with Crippen molar-refractivity contribution < 1.29 is 0 Å². The molecule has 0 aliphatic rings. The van der Waals surface area contributed by atoms with Gasteiger partial charge in [0.1, 0.15) is 17.0 Å². The monoisotopic (exact) mass is 235 g/mol. The predicted molar refractivity (Wildman–Crippen MR) is 70.1 cm³/mol. The first-order chi connectivity index (χ1) is 7.74. The fourth-order valence-electron chi connectivity index (χ4n) is 1.78. The van der Waals surface area contributed by atoms with E-state index in [-0.39, 0.29) is 0 Å². The Kier molecular flexibility index (Phi) is 3.39. The molecule has 0 atom stereocenters. The molecule has 0 spiro atoms. The van der Waals surface area contributed by atoms with Crippen LogP contribution in [0.15, 0.2) is 12.4 Å². The molecule has 0 aliphatic carbocycles. The van der Waals surface area contributed by atoms with Gasteiger partial charge in [-0.05, 0) is 25.8 Å². The Morgan fingerprint density at radius 3 is 2.75 bits per heavy atom. The first kappa shape index (κ1) is 11.3. The SMILES string of the molecule is CCC(CC)Nc1ncnc2sc(C)cc12. The maximum atomic E-state index is 4.34. The highest BCUT2D eigenvalue weighted by Gasteiger charge is 2.09. The number of aryl methyl sites for hydroxylation is 1. The van der Waals surface area contributed by atoms with E-state index in [0.717, 1.165) is 28.9 Å². The summed E-state index contributed by atoms with van der Waals surface area (Å²) in [6, 6.07) is 2.66. The van der Waals surface area contributed by atoms with Crippen LogP contribution >= 0.6 is 11.3 Å². The van der Waals surface area contributed by atoms with Gasteiger partial charge in [0.15, 0.2) is 0 Å². The molecule has 4 heteroatoms. The summed E-state index contributed by atoms with van der Waals surface area (Å²) in [6.07, 6.45) is 3.87.